The van der Waals surface area contributed by atoms with E-state index in [4.69, 9.17) is 0 Å². The van der Waals surface area contributed by atoms with Gasteiger partial charge in [-0.15, -0.1) is 0 Å². The van der Waals surface area contributed by atoms with Gasteiger partial charge in [-0.1, -0.05) is 24.3 Å². The summed E-state index contributed by atoms with van der Waals surface area (Å²) in [4.78, 5) is 15.3. The average molecular weight is 440 g/mol. The maximum absolute atomic E-state index is 13.4. The molecule has 0 atom stereocenters. The Morgan fingerprint density at radius 3 is 2.39 bits per heavy atom. The molecule has 0 unspecified atom stereocenters. The largest absolute Gasteiger partial charge is 0.309 e. The second-order valence-corrected chi connectivity index (χ2v) is 10.3. The number of hydrogen-bond acceptors (Lipinski definition) is 4. The summed E-state index contributed by atoms with van der Waals surface area (Å²) in [5.41, 5.74) is 3.19. The molecule has 3 rings (SSSR count). The second-order valence-electron chi connectivity index (χ2n) is 8.38. The van der Waals surface area contributed by atoms with E-state index in [1.54, 1.807) is 12.1 Å². The molecule has 0 N–H and O–H groups in total. The summed E-state index contributed by atoms with van der Waals surface area (Å²) in [5, 5.41) is 9.27. The van der Waals surface area contributed by atoms with Gasteiger partial charge in [-0.2, -0.15) is 9.57 Å². The molecule has 0 aliphatic carbocycles. The summed E-state index contributed by atoms with van der Waals surface area (Å²) >= 11 is 0. The Morgan fingerprint density at radius 1 is 1.13 bits per heavy atom. The molecule has 0 aromatic heterocycles. The van der Waals surface area contributed by atoms with Crippen molar-refractivity contribution in [1.82, 2.24) is 4.31 Å². The summed E-state index contributed by atoms with van der Waals surface area (Å²) in [5.74, 6) is -0.196. The minimum absolute atomic E-state index is 0.00253. The van der Waals surface area contributed by atoms with E-state index >= 15 is 0 Å². The number of aryl methyl sites for hydroxylation is 2. The van der Waals surface area contributed by atoms with E-state index in [-0.39, 0.29) is 41.4 Å². The topological polar surface area (TPSA) is 81.5 Å². The molecule has 0 spiro atoms. The van der Waals surface area contributed by atoms with Crippen LogP contribution in [0, 0.1) is 31.1 Å². The molecule has 31 heavy (non-hydrogen) atoms. The standard InChI is InChI=1S/C24H29N3O3S/c1-17(2)27(22-15-18(3)9-10-19(22)4)24(28)20-11-13-26(14-12-20)31(29,30)23-8-6-5-7-21(23)16-25/h5-10,15,17,20H,11-14H2,1-4H3. The van der Waals surface area contributed by atoms with E-state index in [1.807, 2.05) is 56.9 Å². The Morgan fingerprint density at radius 2 is 1.77 bits per heavy atom. The van der Waals surface area contributed by atoms with Gasteiger partial charge in [-0.3, -0.25) is 4.79 Å². The van der Waals surface area contributed by atoms with Gasteiger partial charge in [0.25, 0.3) is 0 Å². The van der Waals surface area contributed by atoms with Crippen LogP contribution in [0.1, 0.15) is 43.4 Å². The zero-order valence-electron chi connectivity index (χ0n) is 18.5. The molecule has 7 heteroatoms. The van der Waals surface area contributed by atoms with Crippen molar-refractivity contribution in [1.29, 1.82) is 5.26 Å². The Labute approximate surface area is 185 Å². The minimum atomic E-state index is -3.77. The van der Waals surface area contributed by atoms with E-state index in [0.29, 0.717) is 12.8 Å². The second kappa shape index (κ2) is 9.21. The average Bonchev–Trinajstić information content (AvgIpc) is 2.76. The SMILES string of the molecule is Cc1ccc(C)c(N(C(=O)C2CCN(S(=O)(=O)c3ccccc3C#N)CC2)C(C)C)c1. The molecule has 0 radical (unpaired) electrons. The highest BCUT2D eigenvalue weighted by Gasteiger charge is 2.36. The van der Waals surface area contributed by atoms with Gasteiger partial charge in [0.2, 0.25) is 15.9 Å². The van der Waals surface area contributed by atoms with Crippen molar-refractivity contribution in [2.75, 3.05) is 18.0 Å². The lowest BCUT2D eigenvalue weighted by Crippen LogP contribution is -2.46. The van der Waals surface area contributed by atoms with Gasteiger partial charge in [0.15, 0.2) is 0 Å². The smallest absolute Gasteiger partial charge is 0.244 e. The molecule has 1 heterocycles. The normalized spacial score (nSPS) is 15.6. The molecule has 1 saturated heterocycles. The number of nitriles is 1. The number of carbonyl (C=O) groups excluding carboxylic acids is 1. The summed E-state index contributed by atoms with van der Waals surface area (Å²) in [7, 11) is -3.77. The summed E-state index contributed by atoms with van der Waals surface area (Å²) in [6.07, 6.45) is 0.918. The minimum Gasteiger partial charge on any atom is -0.309 e. The zero-order chi connectivity index (χ0) is 22.8. The number of hydrogen-bond donors (Lipinski definition) is 0. The van der Waals surface area contributed by atoms with Crippen molar-refractivity contribution in [3.05, 3.63) is 59.2 Å². The fourth-order valence-electron chi connectivity index (χ4n) is 4.09. The first kappa shape index (κ1) is 23.0. The van der Waals surface area contributed by atoms with Gasteiger partial charge >= 0.3 is 0 Å². The van der Waals surface area contributed by atoms with E-state index in [2.05, 4.69) is 0 Å². The van der Waals surface area contributed by atoms with Gasteiger partial charge in [-0.25, -0.2) is 8.42 Å². The molecular formula is C24H29N3O3S. The van der Waals surface area contributed by atoms with Crippen LogP contribution < -0.4 is 4.90 Å². The highest BCUT2D eigenvalue weighted by molar-refractivity contribution is 7.89. The number of anilines is 1. The molecule has 1 aliphatic heterocycles. The fourth-order valence-corrected chi connectivity index (χ4v) is 5.71. The van der Waals surface area contributed by atoms with Crippen molar-refractivity contribution < 1.29 is 13.2 Å². The van der Waals surface area contributed by atoms with Crippen molar-refractivity contribution in [3.8, 4) is 6.07 Å². The number of carbonyl (C=O) groups is 1. The predicted molar refractivity (Wildman–Crippen MR) is 121 cm³/mol. The molecule has 1 aliphatic rings. The number of piperidine rings is 1. The van der Waals surface area contributed by atoms with Crippen LogP contribution in [0.3, 0.4) is 0 Å². The van der Waals surface area contributed by atoms with Gasteiger partial charge in [0, 0.05) is 30.7 Å². The molecule has 6 nitrogen and oxygen atoms in total. The maximum Gasteiger partial charge on any atom is 0.244 e. The van der Waals surface area contributed by atoms with Crippen LogP contribution in [-0.4, -0.2) is 37.8 Å². The number of benzene rings is 2. The van der Waals surface area contributed by atoms with Crippen LogP contribution >= 0.6 is 0 Å². The lowest BCUT2D eigenvalue weighted by atomic mass is 9.95. The molecule has 2 aromatic rings. The molecule has 2 aromatic carbocycles. The Balaban J connectivity index is 1.79. The molecule has 1 fully saturated rings. The van der Waals surface area contributed by atoms with E-state index < -0.39 is 10.0 Å². The summed E-state index contributed by atoms with van der Waals surface area (Å²) in [6, 6.07) is 14.3. The zero-order valence-corrected chi connectivity index (χ0v) is 19.3. The molecule has 1 amide bonds. The van der Waals surface area contributed by atoms with Gasteiger partial charge in [0.1, 0.15) is 6.07 Å². The number of sulfonamides is 1. The molecule has 164 valence electrons. The van der Waals surface area contributed by atoms with Gasteiger partial charge in [-0.05, 0) is 69.9 Å². The van der Waals surface area contributed by atoms with Crippen LogP contribution in [0.2, 0.25) is 0 Å². The quantitative estimate of drug-likeness (QED) is 0.705. The van der Waals surface area contributed by atoms with Crippen molar-refractivity contribution >= 4 is 21.6 Å². The van der Waals surface area contributed by atoms with Crippen LogP contribution in [0.15, 0.2) is 47.4 Å². The van der Waals surface area contributed by atoms with Crippen LogP contribution in [0.4, 0.5) is 5.69 Å². The first-order valence-electron chi connectivity index (χ1n) is 10.6. The predicted octanol–water partition coefficient (Wildman–Crippen LogP) is 4.02. The Kier molecular flexibility index (Phi) is 6.83. The maximum atomic E-state index is 13.4. The van der Waals surface area contributed by atoms with Crippen LogP contribution in [0.25, 0.3) is 0 Å². The molecular weight excluding hydrogens is 410 g/mol. The lowest BCUT2D eigenvalue weighted by Gasteiger charge is -2.36. The number of amides is 1. The van der Waals surface area contributed by atoms with Crippen LogP contribution in [0.5, 0.6) is 0 Å². The fraction of sp³-hybridized carbons (Fsp3) is 0.417. The lowest BCUT2D eigenvalue weighted by molar-refractivity contribution is -0.123. The monoisotopic (exact) mass is 439 g/mol. The molecule has 0 bridgehead atoms. The van der Waals surface area contributed by atoms with Crippen molar-refractivity contribution in [2.45, 2.75) is 51.5 Å². The summed E-state index contributed by atoms with van der Waals surface area (Å²) < 4.78 is 27.5. The number of rotatable bonds is 5. The van der Waals surface area contributed by atoms with E-state index in [9.17, 15) is 18.5 Å². The molecule has 0 saturated carbocycles. The van der Waals surface area contributed by atoms with Gasteiger partial charge in [0.05, 0.1) is 10.5 Å². The highest BCUT2D eigenvalue weighted by Crippen LogP contribution is 2.30. The highest BCUT2D eigenvalue weighted by atomic mass is 32.2. The third kappa shape index (κ3) is 4.65. The first-order chi connectivity index (χ1) is 14.7. The van der Waals surface area contributed by atoms with E-state index in [0.717, 1.165) is 16.8 Å². The van der Waals surface area contributed by atoms with Crippen molar-refractivity contribution in [3.63, 3.8) is 0 Å². The van der Waals surface area contributed by atoms with Crippen molar-refractivity contribution in [2.24, 2.45) is 5.92 Å². The van der Waals surface area contributed by atoms with E-state index in [1.165, 1.54) is 16.4 Å². The third-order valence-electron chi connectivity index (χ3n) is 5.81. The summed E-state index contributed by atoms with van der Waals surface area (Å²) in [6.45, 7) is 8.53. The van der Waals surface area contributed by atoms with Crippen LogP contribution in [-0.2, 0) is 14.8 Å². The first-order valence-corrected chi connectivity index (χ1v) is 12.0. The third-order valence-corrected chi connectivity index (χ3v) is 7.76. The Bertz CT molecular complexity index is 1110. The van der Waals surface area contributed by atoms with Gasteiger partial charge < -0.3 is 4.90 Å². The number of nitrogens with zero attached hydrogens (tertiary/aromatic N) is 3. The Hall–Kier alpha value is -2.69.